The molecule has 3 heterocycles. The summed E-state index contributed by atoms with van der Waals surface area (Å²) in [7, 11) is 0. The number of aryl methyl sites for hydroxylation is 1. The Morgan fingerprint density at radius 3 is 2.84 bits per heavy atom. The third-order valence-corrected chi connectivity index (χ3v) is 4.78. The van der Waals surface area contributed by atoms with E-state index < -0.39 is 0 Å². The Kier molecular flexibility index (Phi) is 6.43. The monoisotopic (exact) mass is 383 g/mol. The average molecular weight is 384 g/mol. The fourth-order valence-corrected chi connectivity index (χ4v) is 3.51. The van der Waals surface area contributed by atoms with Gasteiger partial charge in [0.1, 0.15) is 5.82 Å². The number of benzene rings is 1. The molecule has 2 atom stereocenters. The number of rotatable bonds is 3. The van der Waals surface area contributed by atoms with E-state index in [2.05, 4.69) is 37.5 Å². The molecule has 0 saturated carbocycles. The van der Waals surface area contributed by atoms with Gasteiger partial charge in [-0.2, -0.15) is 0 Å². The van der Waals surface area contributed by atoms with Gasteiger partial charge in [0.05, 0.1) is 12.1 Å². The summed E-state index contributed by atoms with van der Waals surface area (Å²) in [6.45, 7) is 3.67. The maximum absolute atomic E-state index is 12.6. The third kappa shape index (κ3) is 3.81. The molecule has 0 fully saturated rings. The van der Waals surface area contributed by atoms with Crippen LogP contribution in [0, 0.1) is 0 Å². The van der Waals surface area contributed by atoms with E-state index in [1.807, 2.05) is 19.1 Å². The normalized spacial score (nSPS) is 19.0. The summed E-state index contributed by atoms with van der Waals surface area (Å²) in [6, 6.07) is 7.97. The smallest absolute Gasteiger partial charge is 0.238 e. The predicted octanol–water partition coefficient (Wildman–Crippen LogP) is 1.96. The van der Waals surface area contributed by atoms with Gasteiger partial charge in [-0.1, -0.05) is 24.3 Å². The number of carbonyl (C=O) groups excluding carboxylic acids is 1. The van der Waals surface area contributed by atoms with Gasteiger partial charge in [0.15, 0.2) is 5.82 Å². The molecule has 25 heavy (non-hydrogen) atoms. The lowest BCUT2D eigenvalue weighted by Crippen LogP contribution is -2.48. The number of nitrogens with one attached hydrogen (secondary N) is 2. The van der Waals surface area contributed by atoms with Crippen LogP contribution in [0.4, 0.5) is 0 Å². The molecule has 8 heteroatoms. The van der Waals surface area contributed by atoms with E-state index >= 15 is 0 Å². The number of nitrogens with zero attached hydrogens (tertiary/aromatic N) is 3. The van der Waals surface area contributed by atoms with Crippen LogP contribution in [-0.2, 0) is 30.7 Å². The molecular weight excluding hydrogens is 361 g/mol. The molecule has 2 unspecified atom stereocenters. The number of aromatic nitrogens is 3. The molecule has 0 aliphatic carbocycles. The average Bonchev–Trinajstić information content (AvgIpc) is 3.17. The van der Waals surface area contributed by atoms with E-state index in [4.69, 9.17) is 0 Å². The molecule has 4 rings (SSSR count). The van der Waals surface area contributed by atoms with Gasteiger partial charge in [-0.3, -0.25) is 4.79 Å². The molecule has 6 nitrogen and oxygen atoms in total. The first-order valence-electron chi connectivity index (χ1n) is 8.25. The van der Waals surface area contributed by atoms with Gasteiger partial charge in [0, 0.05) is 19.5 Å². The molecule has 1 amide bonds. The fourth-order valence-electron chi connectivity index (χ4n) is 3.51. The maximum Gasteiger partial charge on any atom is 0.238 e. The van der Waals surface area contributed by atoms with Crippen LogP contribution >= 0.6 is 24.8 Å². The molecule has 0 saturated heterocycles. The Labute approximate surface area is 159 Å². The summed E-state index contributed by atoms with van der Waals surface area (Å²) in [5.74, 6) is 1.93. The molecule has 0 radical (unpaired) electrons. The molecular formula is C17H23Cl2N5O. The molecule has 1 aromatic carbocycles. The second kappa shape index (κ2) is 8.17. The van der Waals surface area contributed by atoms with Gasteiger partial charge in [0.2, 0.25) is 5.91 Å². The van der Waals surface area contributed by atoms with Crippen molar-refractivity contribution < 1.29 is 4.79 Å². The molecule has 0 spiro atoms. The van der Waals surface area contributed by atoms with Crippen LogP contribution in [0.1, 0.15) is 42.2 Å². The van der Waals surface area contributed by atoms with E-state index in [1.165, 1.54) is 11.1 Å². The van der Waals surface area contributed by atoms with Crippen molar-refractivity contribution in [3.8, 4) is 0 Å². The SMILES string of the molecule is CC(NC(=O)C1Cc2ccccc2CN1)c1nnc2n1CCC2.Cl.Cl. The van der Waals surface area contributed by atoms with Crippen LogP contribution < -0.4 is 10.6 Å². The van der Waals surface area contributed by atoms with Crippen molar-refractivity contribution in [1.82, 2.24) is 25.4 Å². The summed E-state index contributed by atoms with van der Waals surface area (Å²) >= 11 is 0. The van der Waals surface area contributed by atoms with Crippen molar-refractivity contribution in [2.24, 2.45) is 0 Å². The lowest BCUT2D eigenvalue weighted by Gasteiger charge is -2.26. The summed E-state index contributed by atoms with van der Waals surface area (Å²) in [5.41, 5.74) is 2.53. The minimum absolute atomic E-state index is 0. The van der Waals surface area contributed by atoms with E-state index in [9.17, 15) is 4.79 Å². The van der Waals surface area contributed by atoms with Crippen LogP contribution in [-0.4, -0.2) is 26.7 Å². The van der Waals surface area contributed by atoms with Crippen molar-refractivity contribution in [3.05, 3.63) is 47.0 Å². The number of carbonyl (C=O) groups is 1. The quantitative estimate of drug-likeness (QED) is 0.849. The highest BCUT2D eigenvalue weighted by molar-refractivity contribution is 5.85. The largest absolute Gasteiger partial charge is 0.345 e. The summed E-state index contributed by atoms with van der Waals surface area (Å²) in [5, 5.41) is 14.9. The highest BCUT2D eigenvalue weighted by Crippen LogP contribution is 2.20. The first kappa shape index (κ1) is 19.7. The zero-order valence-corrected chi connectivity index (χ0v) is 15.7. The van der Waals surface area contributed by atoms with Crippen LogP contribution in [0.2, 0.25) is 0 Å². The van der Waals surface area contributed by atoms with Gasteiger partial charge < -0.3 is 15.2 Å². The number of hydrogen-bond acceptors (Lipinski definition) is 4. The van der Waals surface area contributed by atoms with Crippen molar-refractivity contribution in [3.63, 3.8) is 0 Å². The van der Waals surface area contributed by atoms with Crippen LogP contribution in [0.15, 0.2) is 24.3 Å². The minimum Gasteiger partial charge on any atom is -0.345 e. The Morgan fingerprint density at radius 2 is 2.04 bits per heavy atom. The number of amides is 1. The Balaban J connectivity index is 0.00000113. The van der Waals surface area contributed by atoms with Crippen molar-refractivity contribution in [2.75, 3.05) is 0 Å². The first-order chi connectivity index (χ1) is 11.2. The molecule has 2 N–H and O–H groups in total. The van der Waals surface area contributed by atoms with Crippen LogP contribution in [0.5, 0.6) is 0 Å². The van der Waals surface area contributed by atoms with Crippen molar-refractivity contribution >= 4 is 30.7 Å². The number of hydrogen-bond donors (Lipinski definition) is 2. The van der Waals surface area contributed by atoms with E-state index in [0.717, 1.165) is 44.0 Å². The standard InChI is InChI=1S/C17H21N5O.2ClH/c1-11(16-21-20-15-7-4-8-22(15)16)19-17(23)14-9-12-5-2-3-6-13(12)10-18-14;;/h2-3,5-6,11,14,18H,4,7-10H2,1H3,(H,19,23);2*1H. The Bertz CT molecular complexity index is 748. The minimum atomic E-state index is -0.187. The van der Waals surface area contributed by atoms with E-state index in [1.54, 1.807) is 0 Å². The van der Waals surface area contributed by atoms with Crippen LogP contribution in [0.3, 0.4) is 0 Å². The zero-order chi connectivity index (χ0) is 15.8. The first-order valence-corrected chi connectivity index (χ1v) is 8.25. The molecule has 136 valence electrons. The topological polar surface area (TPSA) is 71.8 Å². The summed E-state index contributed by atoms with van der Waals surface area (Å²) in [6.07, 6.45) is 2.82. The maximum atomic E-state index is 12.6. The summed E-state index contributed by atoms with van der Waals surface area (Å²) < 4.78 is 2.13. The fraction of sp³-hybridized carbons (Fsp3) is 0.471. The molecule has 1 aromatic heterocycles. The van der Waals surface area contributed by atoms with Gasteiger partial charge in [0.25, 0.3) is 0 Å². The highest BCUT2D eigenvalue weighted by Gasteiger charge is 2.27. The Hall–Kier alpha value is -1.63. The second-order valence-corrected chi connectivity index (χ2v) is 6.37. The van der Waals surface area contributed by atoms with E-state index in [0.29, 0.717) is 0 Å². The van der Waals surface area contributed by atoms with Crippen molar-refractivity contribution in [2.45, 2.75) is 51.4 Å². The summed E-state index contributed by atoms with van der Waals surface area (Å²) in [4.78, 5) is 12.6. The predicted molar refractivity (Wildman–Crippen MR) is 100 cm³/mol. The molecule has 2 aliphatic heterocycles. The van der Waals surface area contributed by atoms with Gasteiger partial charge in [-0.25, -0.2) is 0 Å². The van der Waals surface area contributed by atoms with Gasteiger partial charge in [-0.15, -0.1) is 35.0 Å². The second-order valence-electron chi connectivity index (χ2n) is 6.37. The Morgan fingerprint density at radius 1 is 1.28 bits per heavy atom. The van der Waals surface area contributed by atoms with Gasteiger partial charge >= 0.3 is 0 Å². The molecule has 2 aromatic rings. The molecule has 2 aliphatic rings. The third-order valence-electron chi connectivity index (χ3n) is 4.78. The molecule has 0 bridgehead atoms. The van der Waals surface area contributed by atoms with Gasteiger partial charge in [-0.05, 0) is 30.9 Å². The highest BCUT2D eigenvalue weighted by atomic mass is 35.5. The number of fused-ring (bicyclic) bond motifs is 2. The van der Waals surface area contributed by atoms with Crippen molar-refractivity contribution in [1.29, 1.82) is 0 Å². The lowest BCUT2D eigenvalue weighted by molar-refractivity contribution is -0.124. The number of halogens is 2. The van der Waals surface area contributed by atoms with E-state index in [-0.39, 0.29) is 42.8 Å². The van der Waals surface area contributed by atoms with Crippen LogP contribution in [0.25, 0.3) is 0 Å². The lowest BCUT2D eigenvalue weighted by atomic mass is 9.95. The zero-order valence-electron chi connectivity index (χ0n) is 14.1.